The number of hydrogen-bond acceptors (Lipinski definition) is 2. The van der Waals surface area contributed by atoms with Gasteiger partial charge < -0.3 is 15.4 Å². The van der Waals surface area contributed by atoms with Gasteiger partial charge in [-0.2, -0.15) is 0 Å². The standard InChI is InChI=1S/C15H15FN2O2/c1-10-9-12(5-8-14(10)16)18-15(19)17-11-3-6-13(20-2)7-4-11/h3-9H,1-2H3,(H2,17,18,19). The average Bonchev–Trinajstić information content (AvgIpc) is 2.44. The van der Waals surface area contributed by atoms with Crippen LogP contribution in [0.25, 0.3) is 0 Å². The molecule has 0 radical (unpaired) electrons. The molecule has 2 rings (SSSR count). The largest absolute Gasteiger partial charge is 0.497 e. The molecule has 2 N–H and O–H groups in total. The Morgan fingerprint density at radius 1 is 1.05 bits per heavy atom. The number of hydrogen-bond donors (Lipinski definition) is 2. The van der Waals surface area contributed by atoms with Crippen molar-refractivity contribution in [3.8, 4) is 5.75 Å². The Labute approximate surface area is 116 Å². The van der Waals surface area contributed by atoms with Gasteiger partial charge in [-0.25, -0.2) is 9.18 Å². The van der Waals surface area contributed by atoms with Crippen LogP contribution in [0.2, 0.25) is 0 Å². The van der Waals surface area contributed by atoms with Crippen molar-refractivity contribution in [2.75, 3.05) is 17.7 Å². The molecule has 0 aromatic heterocycles. The van der Waals surface area contributed by atoms with Crippen molar-refractivity contribution in [1.82, 2.24) is 0 Å². The molecule has 2 amide bonds. The second-order valence-corrected chi connectivity index (χ2v) is 4.27. The lowest BCUT2D eigenvalue weighted by Gasteiger charge is -2.09. The van der Waals surface area contributed by atoms with E-state index in [1.54, 1.807) is 44.4 Å². The van der Waals surface area contributed by atoms with Gasteiger partial charge in [0.05, 0.1) is 7.11 Å². The van der Waals surface area contributed by atoms with Gasteiger partial charge in [-0.3, -0.25) is 0 Å². The topological polar surface area (TPSA) is 50.4 Å². The Hall–Kier alpha value is -2.56. The molecule has 4 nitrogen and oxygen atoms in total. The van der Waals surface area contributed by atoms with Crippen LogP contribution in [0.1, 0.15) is 5.56 Å². The molecule has 5 heteroatoms. The van der Waals surface area contributed by atoms with Crippen molar-refractivity contribution in [3.05, 3.63) is 53.8 Å². The van der Waals surface area contributed by atoms with Crippen LogP contribution in [0.15, 0.2) is 42.5 Å². The summed E-state index contributed by atoms with van der Waals surface area (Å²) in [6, 6.07) is 11.0. The van der Waals surface area contributed by atoms with E-state index in [0.29, 0.717) is 22.7 Å². The van der Waals surface area contributed by atoms with Gasteiger partial charge in [0, 0.05) is 11.4 Å². The van der Waals surface area contributed by atoms with E-state index in [1.807, 2.05) is 0 Å². The molecule has 104 valence electrons. The van der Waals surface area contributed by atoms with Gasteiger partial charge in [-0.15, -0.1) is 0 Å². The molecule has 0 saturated carbocycles. The molecular formula is C15H15FN2O2. The summed E-state index contributed by atoms with van der Waals surface area (Å²) in [5, 5.41) is 5.32. The lowest BCUT2D eigenvalue weighted by atomic mass is 10.2. The van der Waals surface area contributed by atoms with Gasteiger partial charge in [0.2, 0.25) is 0 Å². The third kappa shape index (κ3) is 3.47. The van der Waals surface area contributed by atoms with Crippen LogP contribution < -0.4 is 15.4 Å². The van der Waals surface area contributed by atoms with E-state index >= 15 is 0 Å². The Kier molecular flexibility index (Phi) is 4.20. The van der Waals surface area contributed by atoms with Crippen molar-refractivity contribution in [2.24, 2.45) is 0 Å². The normalized spacial score (nSPS) is 9.95. The van der Waals surface area contributed by atoms with Gasteiger partial charge in [0.1, 0.15) is 11.6 Å². The number of carbonyl (C=O) groups is 1. The summed E-state index contributed by atoms with van der Waals surface area (Å²) in [6.45, 7) is 1.64. The number of aryl methyl sites for hydroxylation is 1. The predicted octanol–water partition coefficient (Wildman–Crippen LogP) is 3.79. The molecule has 2 aromatic carbocycles. The highest BCUT2D eigenvalue weighted by atomic mass is 19.1. The summed E-state index contributed by atoms with van der Waals surface area (Å²) in [5.74, 6) is 0.413. The minimum atomic E-state index is -0.388. The van der Waals surface area contributed by atoms with Gasteiger partial charge in [0.15, 0.2) is 0 Å². The third-order valence-corrected chi connectivity index (χ3v) is 2.76. The quantitative estimate of drug-likeness (QED) is 0.894. The van der Waals surface area contributed by atoms with E-state index in [4.69, 9.17) is 4.74 Å². The highest BCUT2D eigenvalue weighted by Gasteiger charge is 2.04. The maximum atomic E-state index is 13.1. The van der Waals surface area contributed by atoms with Gasteiger partial charge in [0.25, 0.3) is 0 Å². The van der Waals surface area contributed by atoms with Crippen LogP contribution in [0, 0.1) is 12.7 Å². The molecule has 0 fully saturated rings. The fourth-order valence-electron chi connectivity index (χ4n) is 1.69. The zero-order chi connectivity index (χ0) is 14.5. The molecule has 0 bridgehead atoms. The molecule has 0 spiro atoms. The molecule has 0 aliphatic heterocycles. The van der Waals surface area contributed by atoms with E-state index in [9.17, 15) is 9.18 Å². The zero-order valence-corrected chi connectivity index (χ0v) is 11.2. The number of anilines is 2. The van der Waals surface area contributed by atoms with E-state index in [0.717, 1.165) is 0 Å². The smallest absolute Gasteiger partial charge is 0.323 e. The van der Waals surface area contributed by atoms with Crippen LogP contribution in [0.4, 0.5) is 20.6 Å². The number of urea groups is 1. The first-order valence-corrected chi connectivity index (χ1v) is 6.06. The number of nitrogens with one attached hydrogen (secondary N) is 2. The van der Waals surface area contributed by atoms with Crippen molar-refractivity contribution in [3.63, 3.8) is 0 Å². The Balaban J connectivity index is 1.99. The van der Waals surface area contributed by atoms with Crippen LogP contribution in [-0.2, 0) is 0 Å². The van der Waals surface area contributed by atoms with E-state index in [-0.39, 0.29) is 11.8 Å². The van der Waals surface area contributed by atoms with Crippen LogP contribution >= 0.6 is 0 Å². The summed E-state index contributed by atoms with van der Waals surface area (Å²) in [7, 11) is 1.58. The molecule has 0 aliphatic carbocycles. The van der Waals surface area contributed by atoms with Gasteiger partial charge >= 0.3 is 6.03 Å². The van der Waals surface area contributed by atoms with Crippen molar-refractivity contribution >= 4 is 17.4 Å². The molecule has 2 aromatic rings. The molecule has 0 heterocycles. The van der Waals surface area contributed by atoms with E-state index in [2.05, 4.69) is 10.6 Å². The summed E-state index contributed by atoms with van der Waals surface area (Å²) in [4.78, 5) is 11.8. The van der Waals surface area contributed by atoms with Gasteiger partial charge in [-0.1, -0.05) is 0 Å². The zero-order valence-electron chi connectivity index (χ0n) is 11.2. The monoisotopic (exact) mass is 274 g/mol. The number of methoxy groups -OCH3 is 1. The molecule has 0 saturated heterocycles. The molecule has 0 aliphatic rings. The molecular weight excluding hydrogens is 259 g/mol. The van der Waals surface area contributed by atoms with Crippen LogP contribution in [0.5, 0.6) is 5.75 Å². The average molecular weight is 274 g/mol. The summed E-state index contributed by atoms with van der Waals surface area (Å²) >= 11 is 0. The second-order valence-electron chi connectivity index (χ2n) is 4.27. The predicted molar refractivity (Wildman–Crippen MR) is 76.8 cm³/mol. The van der Waals surface area contributed by atoms with Crippen molar-refractivity contribution < 1.29 is 13.9 Å². The minimum Gasteiger partial charge on any atom is -0.497 e. The lowest BCUT2D eigenvalue weighted by molar-refractivity contribution is 0.262. The van der Waals surface area contributed by atoms with E-state index < -0.39 is 0 Å². The van der Waals surface area contributed by atoms with Crippen LogP contribution in [0.3, 0.4) is 0 Å². The fraction of sp³-hybridized carbons (Fsp3) is 0.133. The summed E-state index contributed by atoms with van der Waals surface area (Å²) in [6.07, 6.45) is 0. The first kappa shape index (κ1) is 13.9. The minimum absolute atomic E-state index is 0.300. The van der Waals surface area contributed by atoms with Crippen molar-refractivity contribution in [2.45, 2.75) is 6.92 Å². The molecule has 0 atom stereocenters. The maximum Gasteiger partial charge on any atom is 0.323 e. The molecule has 0 unspecified atom stereocenters. The SMILES string of the molecule is COc1ccc(NC(=O)Nc2ccc(F)c(C)c2)cc1. The highest BCUT2D eigenvalue weighted by Crippen LogP contribution is 2.16. The molecule has 20 heavy (non-hydrogen) atoms. The first-order valence-electron chi connectivity index (χ1n) is 6.06. The summed E-state index contributed by atoms with van der Waals surface area (Å²) < 4.78 is 18.1. The number of rotatable bonds is 3. The lowest BCUT2D eigenvalue weighted by Crippen LogP contribution is -2.19. The number of carbonyl (C=O) groups excluding carboxylic acids is 1. The van der Waals surface area contributed by atoms with Crippen molar-refractivity contribution in [1.29, 1.82) is 0 Å². The number of ether oxygens (including phenoxy) is 1. The number of amides is 2. The van der Waals surface area contributed by atoms with E-state index in [1.165, 1.54) is 12.1 Å². The number of benzene rings is 2. The second kappa shape index (κ2) is 6.06. The Morgan fingerprint density at radius 2 is 1.65 bits per heavy atom. The number of halogens is 1. The maximum absolute atomic E-state index is 13.1. The Bertz CT molecular complexity index is 612. The van der Waals surface area contributed by atoms with Crippen LogP contribution in [-0.4, -0.2) is 13.1 Å². The fourth-order valence-corrected chi connectivity index (χ4v) is 1.69. The third-order valence-electron chi connectivity index (χ3n) is 2.76. The Morgan fingerprint density at radius 3 is 2.25 bits per heavy atom. The van der Waals surface area contributed by atoms with Gasteiger partial charge in [-0.05, 0) is 55.0 Å². The summed E-state index contributed by atoms with van der Waals surface area (Å²) in [5.41, 5.74) is 1.66. The highest BCUT2D eigenvalue weighted by molar-refractivity contribution is 5.99. The first-order chi connectivity index (χ1) is 9.58.